The molecule has 0 spiro atoms. The zero-order valence-electron chi connectivity index (χ0n) is 7.71. The Morgan fingerprint density at radius 1 is 1.54 bits per heavy atom. The van der Waals surface area contributed by atoms with Crippen LogP contribution in [0.5, 0.6) is 5.06 Å². The lowest BCUT2D eigenvalue weighted by Gasteiger charge is -2.20. The summed E-state index contributed by atoms with van der Waals surface area (Å²) in [6, 6.07) is 3.63. The molecule has 0 radical (unpaired) electrons. The molecule has 0 saturated heterocycles. The molecule has 0 aromatic carbocycles. The number of halogens is 1. The van der Waals surface area contributed by atoms with Gasteiger partial charge in [0.1, 0.15) is 0 Å². The molecule has 1 aromatic heterocycles. The van der Waals surface area contributed by atoms with Crippen molar-refractivity contribution in [2.24, 2.45) is 5.41 Å². The average Bonchev–Trinajstić information content (AvgIpc) is 2.48. The second-order valence-electron chi connectivity index (χ2n) is 3.67. The molecule has 74 valence electrons. The number of rotatable bonds is 4. The zero-order chi connectivity index (χ0) is 9.90. The molecular formula is C9H13ClO2S. The van der Waals surface area contributed by atoms with Crippen LogP contribution < -0.4 is 4.74 Å². The van der Waals surface area contributed by atoms with E-state index in [1.807, 2.05) is 19.9 Å². The van der Waals surface area contributed by atoms with Crippen molar-refractivity contribution in [1.82, 2.24) is 0 Å². The van der Waals surface area contributed by atoms with Gasteiger partial charge in [-0.15, -0.1) is 0 Å². The average molecular weight is 221 g/mol. The minimum absolute atomic E-state index is 0.117. The van der Waals surface area contributed by atoms with Crippen molar-refractivity contribution in [2.45, 2.75) is 13.8 Å². The summed E-state index contributed by atoms with van der Waals surface area (Å²) in [5.41, 5.74) is -0.198. The van der Waals surface area contributed by atoms with Crippen LogP contribution in [0.3, 0.4) is 0 Å². The largest absolute Gasteiger partial charge is 0.483 e. The standard InChI is InChI=1S/C9H13ClO2S/c1-9(2,5-11)6-12-8-4-3-7(10)13-8/h3-4,11H,5-6H2,1-2H3. The van der Waals surface area contributed by atoms with Gasteiger partial charge in [0, 0.05) is 5.41 Å². The molecule has 0 bridgehead atoms. The highest BCUT2D eigenvalue weighted by atomic mass is 35.5. The van der Waals surface area contributed by atoms with E-state index >= 15 is 0 Å². The molecule has 0 amide bonds. The Kier molecular flexibility index (Phi) is 3.59. The van der Waals surface area contributed by atoms with Crippen LogP contribution in [-0.2, 0) is 0 Å². The fourth-order valence-corrected chi connectivity index (χ4v) is 1.56. The van der Waals surface area contributed by atoms with Crippen LogP contribution in [0.25, 0.3) is 0 Å². The van der Waals surface area contributed by atoms with Crippen molar-refractivity contribution >= 4 is 22.9 Å². The van der Waals surface area contributed by atoms with Gasteiger partial charge in [-0.3, -0.25) is 0 Å². The normalized spacial score (nSPS) is 11.7. The SMILES string of the molecule is CC(C)(CO)COc1ccc(Cl)s1. The van der Waals surface area contributed by atoms with Gasteiger partial charge in [-0.05, 0) is 12.1 Å². The smallest absolute Gasteiger partial charge is 0.175 e. The molecule has 0 aliphatic carbocycles. The van der Waals surface area contributed by atoms with Crippen molar-refractivity contribution in [3.05, 3.63) is 16.5 Å². The van der Waals surface area contributed by atoms with Gasteiger partial charge in [0.15, 0.2) is 5.06 Å². The molecule has 4 heteroatoms. The molecular weight excluding hydrogens is 208 g/mol. The van der Waals surface area contributed by atoms with Crippen LogP contribution in [0, 0.1) is 5.41 Å². The zero-order valence-corrected chi connectivity index (χ0v) is 9.28. The molecule has 0 saturated carbocycles. The maximum atomic E-state index is 8.97. The summed E-state index contributed by atoms with van der Waals surface area (Å²) in [5, 5.41) is 9.77. The van der Waals surface area contributed by atoms with Crippen molar-refractivity contribution < 1.29 is 9.84 Å². The minimum Gasteiger partial charge on any atom is -0.483 e. The van der Waals surface area contributed by atoms with Crippen LogP contribution in [0.2, 0.25) is 4.34 Å². The van der Waals surface area contributed by atoms with Crippen LogP contribution in [0.1, 0.15) is 13.8 Å². The number of ether oxygens (including phenoxy) is 1. The van der Waals surface area contributed by atoms with E-state index < -0.39 is 0 Å². The molecule has 2 nitrogen and oxygen atoms in total. The molecule has 1 aromatic rings. The highest BCUT2D eigenvalue weighted by molar-refractivity contribution is 7.17. The van der Waals surface area contributed by atoms with E-state index in [4.69, 9.17) is 21.4 Å². The van der Waals surface area contributed by atoms with Gasteiger partial charge in [0.2, 0.25) is 0 Å². The Morgan fingerprint density at radius 3 is 2.69 bits per heavy atom. The molecule has 13 heavy (non-hydrogen) atoms. The summed E-state index contributed by atoms with van der Waals surface area (Å²) >= 11 is 7.13. The van der Waals surface area contributed by atoms with E-state index in [2.05, 4.69) is 0 Å². The monoisotopic (exact) mass is 220 g/mol. The molecule has 1 heterocycles. The molecule has 0 fully saturated rings. The quantitative estimate of drug-likeness (QED) is 0.846. The Labute approximate surface area is 87.1 Å². The summed E-state index contributed by atoms with van der Waals surface area (Å²) in [5.74, 6) is 0. The fourth-order valence-electron chi connectivity index (χ4n) is 0.687. The third kappa shape index (κ3) is 3.55. The van der Waals surface area contributed by atoms with Crippen molar-refractivity contribution in [3.8, 4) is 5.06 Å². The number of aliphatic hydroxyl groups excluding tert-OH is 1. The number of aliphatic hydroxyl groups is 1. The van der Waals surface area contributed by atoms with Crippen LogP contribution in [-0.4, -0.2) is 18.3 Å². The predicted molar refractivity (Wildman–Crippen MR) is 55.7 cm³/mol. The van der Waals surface area contributed by atoms with E-state index in [1.54, 1.807) is 6.07 Å². The lowest BCUT2D eigenvalue weighted by atomic mass is 9.97. The highest BCUT2D eigenvalue weighted by Crippen LogP contribution is 2.29. The van der Waals surface area contributed by atoms with Gasteiger partial charge in [-0.25, -0.2) is 0 Å². The van der Waals surface area contributed by atoms with Crippen molar-refractivity contribution in [1.29, 1.82) is 0 Å². The first-order valence-electron chi connectivity index (χ1n) is 4.02. The number of thiophene rings is 1. The van der Waals surface area contributed by atoms with E-state index in [9.17, 15) is 0 Å². The van der Waals surface area contributed by atoms with E-state index in [1.165, 1.54) is 11.3 Å². The third-order valence-corrected chi connectivity index (χ3v) is 2.73. The summed E-state index contributed by atoms with van der Waals surface area (Å²) in [6.07, 6.45) is 0. The van der Waals surface area contributed by atoms with Crippen molar-refractivity contribution in [2.75, 3.05) is 13.2 Å². The third-order valence-electron chi connectivity index (χ3n) is 1.58. The van der Waals surface area contributed by atoms with Gasteiger partial charge in [-0.2, -0.15) is 0 Å². The van der Waals surface area contributed by atoms with Gasteiger partial charge in [-0.1, -0.05) is 36.8 Å². The molecule has 0 unspecified atom stereocenters. The molecule has 0 aliphatic rings. The first-order valence-corrected chi connectivity index (χ1v) is 5.22. The Morgan fingerprint density at radius 2 is 2.23 bits per heavy atom. The lowest BCUT2D eigenvalue weighted by Crippen LogP contribution is -2.25. The molecule has 1 N–H and O–H groups in total. The Balaban J connectivity index is 2.43. The summed E-state index contributed by atoms with van der Waals surface area (Å²) < 4.78 is 6.18. The van der Waals surface area contributed by atoms with Gasteiger partial charge in [0.05, 0.1) is 17.6 Å². The van der Waals surface area contributed by atoms with Gasteiger partial charge < -0.3 is 9.84 Å². The van der Waals surface area contributed by atoms with Crippen LogP contribution in [0.4, 0.5) is 0 Å². The van der Waals surface area contributed by atoms with Gasteiger partial charge in [0.25, 0.3) is 0 Å². The summed E-state index contributed by atoms with van der Waals surface area (Å²) in [4.78, 5) is 0. The van der Waals surface area contributed by atoms with Crippen LogP contribution >= 0.6 is 22.9 Å². The fraction of sp³-hybridized carbons (Fsp3) is 0.556. The molecule has 0 aliphatic heterocycles. The molecule has 0 atom stereocenters. The minimum atomic E-state index is -0.198. The first-order chi connectivity index (χ1) is 6.03. The predicted octanol–water partition coefficient (Wildman–Crippen LogP) is 2.80. The summed E-state index contributed by atoms with van der Waals surface area (Å²) in [6.45, 7) is 4.51. The van der Waals surface area contributed by atoms with Crippen LogP contribution in [0.15, 0.2) is 12.1 Å². The van der Waals surface area contributed by atoms with E-state index in [0.717, 1.165) is 9.40 Å². The summed E-state index contributed by atoms with van der Waals surface area (Å²) in [7, 11) is 0. The second-order valence-corrected chi connectivity index (χ2v) is 5.35. The van der Waals surface area contributed by atoms with Gasteiger partial charge >= 0.3 is 0 Å². The highest BCUT2D eigenvalue weighted by Gasteiger charge is 2.17. The maximum absolute atomic E-state index is 8.97. The van der Waals surface area contributed by atoms with Crippen molar-refractivity contribution in [3.63, 3.8) is 0 Å². The topological polar surface area (TPSA) is 29.5 Å². The number of hydrogen-bond acceptors (Lipinski definition) is 3. The lowest BCUT2D eigenvalue weighted by molar-refractivity contribution is 0.0995. The Bertz CT molecular complexity index is 270. The second kappa shape index (κ2) is 4.31. The molecule has 1 rings (SSSR count). The number of hydrogen-bond donors (Lipinski definition) is 1. The first kappa shape index (κ1) is 10.8. The van der Waals surface area contributed by atoms with E-state index in [-0.39, 0.29) is 12.0 Å². The van der Waals surface area contributed by atoms with E-state index in [0.29, 0.717) is 6.61 Å². The Hall–Kier alpha value is -0.250. The maximum Gasteiger partial charge on any atom is 0.175 e.